The summed E-state index contributed by atoms with van der Waals surface area (Å²) in [6, 6.07) is 1.66. The molecule has 0 aromatic heterocycles. The molecule has 0 N–H and O–H groups in total. The molecule has 2 fully saturated rings. The lowest BCUT2D eigenvalue weighted by molar-refractivity contribution is 0.0993. The smallest absolute Gasteiger partial charge is 0.00944 e. The van der Waals surface area contributed by atoms with Crippen LogP contribution in [0.2, 0.25) is 0 Å². The van der Waals surface area contributed by atoms with Crippen LogP contribution in [0.25, 0.3) is 0 Å². The number of hydrogen-bond acceptors (Lipinski definition) is 2. The van der Waals surface area contributed by atoms with Gasteiger partial charge in [-0.15, -0.1) is 0 Å². The lowest BCUT2D eigenvalue weighted by atomic mass is 9.70. The van der Waals surface area contributed by atoms with E-state index in [1.165, 1.54) is 57.8 Å². The number of nitrogens with zero attached hydrogens (tertiary/aromatic N) is 2. The van der Waals surface area contributed by atoms with Gasteiger partial charge in [0, 0.05) is 12.1 Å². The van der Waals surface area contributed by atoms with Gasteiger partial charge in [0.05, 0.1) is 0 Å². The fraction of sp³-hybridized carbons (Fsp3) is 1.00. The van der Waals surface area contributed by atoms with Crippen molar-refractivity contribution in [1.82, 2.24) is 9.80 Å². The van der Waals surface area contributed by atoms with Gasteiger partial charge in [-0.25, -0.2) is 0 Å². The number of hydrogen-bond donors (Lipinski definition) is 0. The van der Waals surface area contributed by atoms with Crippen molar-refractivity contribution in [2.75, 3.05) is 28.2 Å². The molecule has 2 heteroatoms. The highest BCUT2D eigenvalue weighted by Crippen LogP contribution is 2.40. The molecule has 0 heterocycles. The van der Waals surface area contributed by atoms with E-state index < -0.39 is 0 Å². The minimum Gasteiger partial charge on any atom is -0.306 e. The minimum absolute atomic E-state index is 0.826. The van der Waals surface area contributed by atoms with E-state index in [2.05, 4.69) is 51.8 Å². The van der Waals surface area contributed by atoms with Gasteiger partial charge in [0.2, 0.25) is 0 Å². The molecule has 2 saturated carbocycles. The lowest BCUT2D eigenvalue weighted by Gasteiger charge is -2.41. The van der Waals surface area contributed by atoms with E-state index in [9.17, 15) is 0 Å². The zero-order chi connectivity index (χ0) is 17.0. The second kappa shape index (κ2) is 8.85. The zero-order valence-electron chi connectivity index (χ0n) is 16.7. The van der Waals surface area contributed by atoms with Gasteiger partial charge in [0.15, 0.2) is 0 Å². The molecule has 0 amide bonds. The van der Waals surface area contributed by atoms with Crippen molar-refractivity contribution in [1.29, 1.82) is 0 Å². The fourth-order valence-electron chi connectivity index (χ4n) is 5.38. The van der Waals surface area contributed by atoms with Gasteiger partial charge in [-0.3, -0.25) is 0 Å². The standard InChI is InChI=1S/C21H42N2/c1-7-17-12-18(14-21(13-17)23(5)6)11-16(2)19-9-8-10-20(15-19)22(3)4/h16-21H,7-15H2,1-6H3/t16?,17-,18?,19+,20-,21-/m0/s1. The van der Waals surface area contributed by atoms with E-state index in [-0.39, 0.29) is 0 Å². The van der Waals surface area contributed by atoms with Gasteiger partial charge in [-0.2, -0.15) is 0 Å². The van der Waals surface area contributed by atoms with E-state index in [4.69, 9.17) is 0 Å². The molecular formula is C21H42N2. The Morgan fingerprint density at radius 2 is 1.48 bits per heavy atom. The van der Waals surface area contributed by atoms with Gasteiger partial charge < -0.3 is 9.80 Å². The average molecular weight is 323 g/mol. The predicted octanol–water partition coefficient (Wildman–Crippen LogP) is 4.89. The van der Waals surface area contributed by atoms with Crippen molar-refractivity contribution >= 4 is 0 Å². The van der Waals surface area contributed by atoms with Crippen molar-refractivity contribution in [2.45, 2.75) is 83.7 Å². The van der Waals surface area contributed by atoms with E-state index in [1.54, 1.807) is 0 Å². The summed E-state index contributed by atoms with van der Waals surface area (Å²) in [5.41, 5.74) is 0. The molecule has 0 aromatic carbocycles. The highest BCUT2D eigenvalue weighted by molar-refractivity contribution is 4.86. The third-order valence-corrected chi connectivity index (χ3v) is 7.11. The molecule has 23 heavy (non-hydrogen) atoms. The van der Waals surface area contributed by atoms with Crippen LogP contribution < -0.4 is 0 Å². The summed E-state index contributed by atoms with van der Waals surface area (Å²) in [7, 11) is 9.11. The zero-order valence-corrected chi connectivity index (χ0v) is 16.7. The summed E-state index contributed by atoms with van der Waals surface area (Å²) >= 11 is 0. The first-order chi connectivity index (χ1) is 10.9. The van der Waals surface area contributed by atoms with Crippen molar-refractivity contribution in [3.63, 3.8) is 0 Å². The molecule has 0 bridgehead atoms. The summed E-state index contributed by atoms with van der Waals surface area (Å²) in [5, 5.41) is 0. The molecule has 0 aromatic rings. The highest BCUT2D eigenvalue weighted by atomic mass is 15.1. The van der Waals surface area contributed by atoms with E-state index in [0.717, 1.165) is 35.8 Å². The average Bonchev–Trinajstić information content (AvgIpc) is 2.54. The minimum atomic E-state index is 0.826. The van der Waals surface area contributed by atoms with Crippen molar-refractivity contribution in [3.05, 3.63) is 0 Å². The SMILES string of the molecule is CC[C@H]1CC(CC(C)[C@@H]2CCC[C@H](N(C)C)C2)C[C@@H](N(C)C)C1. The Bertz CT molecular complexity index is 339. The molecule has 0 saturated heterocycles. The summed E-state index contributed by atoms with van der Waals surface area (Å²) in [6.45, 7) is 4.95. The lowest BCUT2D eigenvalue weighted by Crippen LogP contribution is -2.38. The predicted molar refractivity (Wildman–Crippen MR) is 102 cm³/mol. The second-order valence-corrected chi connectivity index (χ2v) is 9.22. The van der Waals surface area contributed by atoms with Crippen LogP contribution in [0.4, 0.5) is 0 Å². The summed E-state index contributed by atoms with van der Waals surface area (Å²) in [4.78, 5) is 4.96. The Labute approximate surface area is 146 Å². The van der Waals surface area contributed by atoms with E-state index >= 15 is 0 Å². The Balaban J connectivity index is 1.89. The van der Waals surface area contributed by atoms with Crippen LogP contribution in [-0.4, -0.2) is 50.1 Å². The van der Waals surface area contributed by atoms with E-state index in [1.807, 2.05) is 0 Å². The third-order valence-electron chi connectivity index (χ3n) is 7.11. The normalized spacial score (nSPS) is 37.3. The Kier molecular flexibility index (Phi) is 7.41. The van der Waals surface area contributed by atoms with Crippen molar-refractivity contribution < 1.29 is 0 Å². The quantitative estimate of drug-likeness (QED) is 0.687. The molecule has 0 radical (unpaired) electrons. The highest BCUT2D eigenvalue weighted by Gasteiger charge is 2.33. The maximum absolute atomic E-state index is 2.56. The van der Waals surface area contributed by atoms with Crippen molar-refractivity contribution in [3.8, 4) is 0 Å². The monoisotopic (exact) mass is 322 g/mol. The van der Waals surface area contributed by atoms with Crippen LogP contribution in [0, 0.1) is 23.7 Å². The Morgan fingerprint density at radius 1 is 0.826 bits per heavy atom. The molecular weight excluding hydrogens is 280 g/mol. The first kappa shape index (κ1) is 19.2. The van der Waals surface area contributed by atoms with Gasteiger partial charge in [-0.1, -0.05) is 33.1 Å². The summed E-state index contributed by atoms with van der Waals surface area (Å²) < 4.78 is 0. The van der Waals surface area contributed by atoms with Gasteiger partial charge in [-0.05, 0) is 90.4 Å². The van der Waals surface area contributed by atoms with Crippen LogP contribution in [0.15, 0.2) is 0 Å². The number of rotatable bonds is 6. The Hall–Kier alpha value is -0.0800. The molecule has 2 nitrogen and oxygen atoms in total. The van der Waals surface area contributed by atoms with Crippen LogP contribution in [0.1, 0.15) is 71.6 Å². The largest absolute Gasteiger partial charge is 0.306 e. The van der Waals surface area contributed by atoms with Crippen molar-refractivity contribution in [2.24, 2.45) is 23.7 Å². The summed E-state index contributed by atoms with van der Waals surface area (Å²) in [5.74, 6) is 3.82. The second-order valence-electron chi connectivity index (χ2n) is 9.22. The van der Waals surface area contributed by atoms with E-state index in [0.29, 0.717) is 0 Å². The molecule has 2 aliphatic rings. The van der Waals surface area contributed by atoms with Crippen LogP contribution in [-0.2, 0) is 0 Å². The molecule has 2 unspecified atom stereocenters. The Morgan fingerprint density at radius 3 is 2.09 bits per heavy atom. The molecule has 136 valence electrons. The molecule has 0 aliphatic heterocycles. The maximum atomic E-state index is 2.56. The molecule has 6 atom stereocenters. The van der Waals surface area contributed by atoms with Gasteiger partial charge >= 0.3 is 0 Å². The summed E-state index contributed by atoms with van der Waals surface area (Å²) in [6.07, 6.45) is 13.0. The van der Waals surface area contributed by atoms with Gasteiger partial charge in [0.25, 0.3) is 0 Å². The van der Waals surface area contributed by atoms with Crippen LogP contribution >= 0.6 is 0 Å². The molecule has 2 rings (SSSR count). The topological polar surface area (TPSA) is 6.48 Å². The fourth-order valence-corrected chi connectivity index (χ4v) is 5.38. The third kappa shape index (κ3) is 5.46. The van der Waals surface area contributed by atoms with Crippen LogP contribution in [0.3, 0.4) is 0 Å². The first-order valence-electron chi connectivity index (χ1n) is 10.2. The molecule has 2 aliphatic carbocycles. The van der Waals surface area contributed by atoms with Gasteiger partial charge in [0.1, 0.15) is 0 Å². The molecule has 0 spiro atoms. The van der Waals surface area contributed by atoms with Crippen LogP contribution in [0.5, 0.6) is 0 Å². The maximum Gasteiger partial charge on any atom is 0.00944 e. The first-order valence-corrected chi connectivity index (χ1v) is 10.2.